The largest absolute Gasteiger partial charge is 0.461 e. The molecule has 0 bridgehead atoms. The van der Waals surface area contributed by atoms with Gasteiger partial charge < -0.3 is 9.47 Å². The van der Waals surface area contributed by atoms with Gasteiger partial charge in [-0.1, -0.05) is 12.1 Å². The van der Waals surface area contributed by atoms with Crippen molar-refractivity contribution >= 4 is 17.7 Å². The van der Waals surface area contributed by atoms with Crippen LogP contribution >= 0.6 is 0 Å². The van der Waals surface area contributed by atoms with Crippen LogP contribution in [0.5, 0.6) is 0 Å². The third-order valence-corrected chi connectivity index (χ3v) is 2.69. The van der Waals surface area contributed by atoms with E-state index in [1.807, 2.05) is 0 Å². The average Bonchev–Trinajstić information content (AvgIpc) is 2.47. The number of rotatable bonds is 5. The molecule has 0 aliphatic rings. The second-order valence-corrected chi connectivity index (χ2v) is 4.10. The molecule has 0 fully saturated rings. The van der Waals surface area contributed by atoms with Gasteiger partial charge in [-0.25, -0.2) is 9.59 Å². The molecule has 0 aliphatic carbocycles. The molecule has 0 aliphatic heterocycles. The van der Waals surface area contributed by atoms with E-state index in [9.17, 15) is 18.4 Å². The number of nitrogens with zero attached hydrogens (tertiary/aromatic N) is 1. The lowest BCUT2D eigenvalue weighted by atomic mass is 10.1. The molecule has 7 heteroatoms. The Kier molecular flexibility index (Phi) is 5.63. The third kappa shape index (κ3) is 3.90. The van der Waals surface area contributed by atoms with Gasteiger partial charge in [-0.2, -0.15) is 8.78 Å². The van der Waals surface area contributed by atoms with E-state index in [4.69, 9.17) is 4.74 Å². The summed E-state index contributed by atoms with van der Waals surface area (Å²) in [6.45, 7) is 3.19. The van der Waals surface area contributed by atoms with Gasteiger partial charge in [-0.05, 0) is 26.0 Å². The molecule has 0 aromatic heterocycles. The molecule has 1 aromatic rings. The van der Waals surface area contributed by atoms with Crippen LogP contribution in [0.4, 0.5) is 19.3 Å². The van der Waals surface area contributed by atoms with Crippen molar-refractivity contribution in [2.75, 3.05) is 25.2 Å². The number of ether oxygens (including phenoxy) is 2. The summed E-state index contributed by atoms with van der Waals surface area (Å²) in [5.74, 6) is -5.33. The van der Waals surface area contributed by atoms with Gasteiger partial charge in [0, 0.05) is 18.3 Å². The van der Waals surface area contributed by atoms with Gasteiger partial charge >= 0.3 is 18.0 Å². The second kappa shape index (κ2) is 7.01. The first-order valence-corrected chi connectivity index (χ1v) is 6.40. The Morgan fingerprint density at radius 2 is 1.62 bits per heavy atom. The summed E-state index contributed by atoms with van der Waals surface area (Å²) >= 11 is 0. The van der Waals surface area contributed by atoms with Crippen molar-refractivity contribution in [2.45, 2.75) is 19.8 Å². The molecule has 1 aromatic carbocycles. The third-order valence-electron chi connectivity index (χ3n) is 2.69. The lowest BCUT2D eigenvalue weighted by Crippen LogP contribution is -2.29. The van der Waals surface area contributed by atoms with Gasteiger partial charge in [0.2, 0.25) is 0 Å². The molecule has 21 heavy (non-hydrogen) atoms. The zero-order chi connectivity index (χ0) is 16.0. The monoisotopic (exact) mass is 301 g/mol. The normalized spacial score (nSPS) is 10.9. The summed E-state index contributed by atoms with van der Waals surface area (Å²) < 4.78 is 36.7. The molecule has 5 nitrogen and oxygen atoms in total. The summed E-state index contributed by atoms with van der Waals surface area (Å²) in [6, 6.07) is 4.75. The maximum atomic E-state index is 13.8. The zero-order valence-electron chi connectivity index (χ0n) is 12.1. The predicted molar refractivity (Wildman–Crippen MR) is 72.4 cm³/mol. The highest BCUT2D eigenvalue weighted by atomic mass is 19.3. The van der Waals surface area contributed by atoms with E-state index in [1.54, 1.807) is 6.92 Å². The number of esters is 1. The molecule has 0 N–H and O–H groups in total. The van der Waals surface area contributed by atoms with E-state index >= 15 is 0 Å². The number of alkyl halides is 2. The van der Waals surface area contributed by atoms with Gasteiger partial charge in [0.05, 0.1) is 13.2 Å². The Morgan fingerprint density at radius 3 is 2.10 bits per heavy atom. The first kappa shape index (κ1) is 16.9. The minimum absolute atomic E-state index is 0.127. The van der Waals surface area contributed by atoms with Crippen molar-refractivity contribution in [2.24, 2.45) is 0 Å². The topological polar surface area (TPSA) is 55.8 Å². The van der Waals surface area contributed by atoms with Crippen molar-refractivity contribution in [1.29, 1.82) is 0 Å². The highest BCUT2D eigenvalue weighted by Gasteiger charge is 2.42. The molecular weight excluding hydrogens is 284 g/mol. The van der Waals surface area contributed by atoms with Crippen LogP contribution in [0.1, 0.15) is 19.4 Å². The number of hydrogen-bond acceptors (Lipinski definition) is 4. The highest BCUT2D eigenvalue weighted by Crippen LogP contribution is 2.30. The quantitative estimate of drug-likeness (QED) is 0.785. The van der Waals surface area contributed by atoms with Crippen molar-refractivity contribution in [3.8, 4) is 0 Å². The fraction of sp³-hybridized carbons (Fsp3) is 0.429. The summed E-state index contributed by atoms with van der Waals surface area (Å²) in [5, 5.41) is 0. The molecule has 116 valence electrons. The van der Waals surface area contributed by atoms with Crippen LogP contribution in [-0.4, -0.2) is 32.3 Å². The van der Waals surface area contributed by atoms with Crippen LogP contribution in [0.25, 0.3) is 0 Å². The van der Waals surface area contributed by atoms with Gasteiger partial charge in [0.1, 0.15) is 0 Å². The molecule has 1 rings (SSSR count). The molecule has 1 amide bonds. The van der Waals surface area contributed by atoms with Crippen LogP contribution in [-0.2, 0) is 20.2 Å². The van der Waals surface area contributed by atoms with Crippen molar-refractivity contribution < 1.29 is 27.8 Å². The molecule has 0 spiro atoms. The zero-order valence-corrected chi connectivity index (χ0v) is 12.1. The first-order chi connectivity index (χ1) is 9.84. The fourth-order valence-corrected chi connectivity index (χ4v) is 1.56. The summed E-state index contributed by atoms with van der Waals surface area (Å²) in [4.78, 5) is 23.9. The summed E-state index contributed by atoms with van der Waals surface area (Å²) in [5.41, 5.74) is -0.126. The van der Waals surface area contributed by atoms with Gasteiger partial charge in [-0.3, -0.25) is 4.90 Å². The summed E-state index contributed by atoms with van der Waals surface area (Å²) in [7, 11) is 1.45. The number of carbonyl (C=O) groups excluding carboxylic acids is 2. The van der Waals surface area contributed by atoms with Crippen LogP contribution in [0.3, 0.4) is 0 Å². The van der Waals surface area contributed by atoms with Crippen molar-refractivity contribution in [1.82, 2.24) is 0 Å². The molecular formula is C14H17F2NO4. The van der Waals surface area contributed by atoms with E-state index in [1.165, 1.54) is 31.0 Å². The number of amides is 1. The van der Waals surface area contributed by atoms with E-state index in [-0.39, 0.29) is 13.2 Å². The Balaban J connectivity index is 2.92. The SMILES string of the molecule is CCOC(=O)N(C)c1ccc(C(F)(F)C(=O)OCC)cc1. The van der Waals surface area contributed by atoms with Crippen LogP contribution in [0.15, 0.2) is 24.3 Å². The Labute approximate surface area is 121 Å². The maximum absolute atomic E-state index is 13.8. The molecule has 0 heterocycles. The number of halogens is 2. The maximum Gasteiger partial charge on any atom is 0.413 e. The second-order valence-electron chi connectivity index (χ2n) is 4.10. The molecule has 0 unspecified atom stereocenters. The Morgan fingerprint density at radius 1 is 1.10 bits per heavy atom. The van der Waals surface area contributed by atoms with Gasteiger partial charge in [-0.15, -0.1) is 0 Å². The van der Waals surface area contributed by atoms with E-state index in [2.05, 4.69) is 4.74 Å². The number of benzene rings is 1. The fourth-order valence-electron chi connectivity index (χ4n) is 1.56. The van der Waals surface area contributed by atoms with Crippen LogP contribution < -0.4 is 4.90 Å². The van der Waals surface area contributed by atoms with Gasteiger partial charge in [0.25, 0.3) is 0 Å². The van der Waals surface area contributed by atoms with Gasteiger partial charge in [0.15, 0.2) is 0 Å². The average molecular weight is 301 g/mol. The Bertz CT molecular complexity index is 502. The van der Waals surface area contributed by atoms with E-state index in [0.717, 1.165) is 12.1 Å². The smallest absolute Gasteiger partial charge is 0.413 e. The standard InChI is InChI=1S/C14H17F2NO4/c1-4-20-12(18)14(15,16)10-6-8-11(9-7-10)17(3)13(19)21-5-2/h6-9H,4-5H2,1-3H3. The molecule has 0 saturated heterocycles. The minimum atomic E-state index is -3.73. The minimum Gasteiger partial charge on any atom is -0.461 e. The lowest BCUT2D eigenvalue weighted by molar-refractivity contribution is -0.173. The van der Waals surface area contributed by atoms with Crippen molar-refractivity contribution in [3.63, 3.8) is 0 Å². The number of anilines is 1. The predicted octanol–water partition coefficient (Wildman–Crippen LogP) is 2.93. The molecule has 0 saturated carbocycles. The van der Waals surface area contributed by atoms with E-state index < -0.39 is 23.5 Å². The van der Waals surface area contributed by atoms with Crippen LogP contribution in [0.2, 0.25) is 0 Å². The van der Waals surface area contributed by atoms with Crippen molar-refractivity contribution in [3.05, 3.63) is 29.8 Å². The highest BCUT2D eigenvalue weighted by molar-refractivity contribution is 5.87. The lowest BCUT2D eigenvalue weighted by Gasteiger charge is -2.18. The Hall–Kier alpha value is -2.18. The number of hydrogen-bond donors (Lipinski definition) is 0. The van der Waals surface area contributed by atoms with E-state index in [0.29, 0.717) is 5.69 Å². The first-order valence-electron chi connectivity index (χ1n) is 6.40. The van der Waals surface area contributed by atoms with Crippen LogP contribution in [0, 0.1) is 0 Å². The number of carbonyl (C=O) groups is 2. The molecule has 0 radical (unpaired) electrons. The summed E-state index contributed by atoms with van der Waals surface area (Å²) in [6.07, 6.45) is -0.595. The molecule has 0 atom stereocenters.